The Bertz CT molecular complexity index is 601. The minimum absolute atomic E-state index is 0.209. The van der Waals surface area contributed by atoms with Gasteiger partial charge in [-0.1, -0.05) is 67.1 Å². The van der Waals surface area contributed by atoms with Gasteiger partial charge in [0.2, 0.25) is 0 Å². The van der Waals surface area contributed by atoms with Crippen molar-refractivity contribution in [3.05, 3.63) is 70.7 Å². The minimum atomic E-state index is -0.433. The van der Waals surface area contributed by atoms with Crippen LogP contribution in [0.4, 0.5) is 4.79 Å². The molecule has 0 aliphatic carbocycles. The van der Waals surface area contributed by atoms with Crippen molar-refractivity contribution in [3.63, 3.8) is 0 Å². The fourth-order valence-corrected chi connectivity index (χ4v) is 2.48. The summed E-state index contributed by atoms with van der Waals surface area (Å²) in [6.07, 6.45) is 0. The summed E-state index contributed by atoms with van der Waals surface area (Å²) in [6, 6.07) is 17.1. The fourth-order valence-electron chi connectivity index (χ4n) is 2.28. The van der Waals surface area contributed by atoms with Gasteiger partial charge >= 0.3 is 6.03 Å². The number of hydrogen-bond donors (Lipinski definition) is 1. The summed E-state index contributed by atoms with van der Waals surface area (Å²) in [4.78, 5) is 13.3. The molecule has 0 fully saturated rings. The largest absolute Gasteiger partial charge is 0.351 e. The molecule has 0 bridgehead atoms. The molecule has 0 heterocycles. The first-order valence-corrected chi connectivity index (χ1v) is 7.28. The smallest absolute Gasteiger partial charge is 0.315 e. The van der Waals surface area contributed by atoms with E-state index in [2.05, 4.69) is 19.1 Å². The molecular weight excluding hydrogens is 284 g/mol. The Morgan fingerprint density at radius 1 is 1.14 bits per heavy atom. The summed E-state index contributed by atoms with van der Waals surface area (Å²) in [6.45, 7) is 3.06. The second kappa shape index (κ2) is 7.14. The molecule has 0 radical (unpaired) electrons. The van der Waals surface area contributed by atoms with E-state index >= 15 is 0 Å². The van der Waals surface area contributed by atoms with Crippen LogP contribution in [0, 0.1) is 0 Å². The molecule has 21 heavy (non-hydrogen) atoms. The molecule has 2 aromatic carbocycles. The molecule has 0 saturated heterocycles. The van der Waals surface area contributed by atoms with E-state index in [4.69, 9.17) is 17.3 Å². The Kier molecular flexibility index (Phi) is 5.23. The molecule has 0 spiro atoms. The molecule has 2 N–H and O–H groups in total. The van der Waals surface area contributed by atoms with Gasteiger partial charge in [0, 0.05) is 18.1 Å². The summed E-state index contributed by atoms with van der Waals surface area (Å²) in [5.74, 6) is 0.209. The Hall–Kier alpha value is -2.00. The molecule has 2 aromatic rings. The van der Waals surface area contributed by atoms with Crippen molar-refractivity contribution in [2.24, 2.45) is 5.73 Å². The van der Waals surface area contributed by atoms with Crippen LogP contribution in [0.25, 0.3) is 0 Å². The molecule has 3 nitrogen and oxygen atoms in total. The Morgan fingerprint density at radius 3 is 2.38 bits per heavy atom. The quantitative estimate of drug-likeness (QED) is 0.890. The first kappa shape index (κ1) is 15.4. The van der Waals surface area contributed by atoms with E-state index < -0.39 is 6.03 Å². The normalized spacial score (nSPS) is 11.9. The maximum atomic E-state index is 11.7. The van der Waals surface area contributed by atoms with Crippen LogP contribution >= 0.6 is 11.6 Å². The number of benzene rings is 2. The zero-order valence-electron chi connectivity index (χ0n) is 12.0. The molecule has 1 unspecified atom stereocenters. The van der Waals surface area contributed by atoms with Crippen LogP contribution < -0.4 is 5.73 Å². The predicted molar refractivity (Wildman–Crippen MR) is 86.3 cm³/mol. The molecule has 2 amide bonds. The third-order valence-electron chi connectivity index (χ3n) is 3.49. The molecule has 0 aromatic heterocycles. The van der Waals surface area contributed by atoms with Crippen LogP contribution in [0.1, 0.15) is 24.0 Å². The van der Waals surface area contributed by atoms with Crippen molar-refractivity contribution < 1.29 is 4.79 Å². The Labute approximate surface area is 130 Å². The molecule has 0 saturated carbocycles. The average molecular weight is 303 g/mol. The van der Waals surface area contributed by atoms with E-state index in [-0.39, 0.29) is 5.92 Å². The molecule has 1 atom stereocenters. The second-order valence-electron chi connectivity index (χ2n) is 5.12. The summed E-state index contributed by atoms with van der Waals surface area (Å²) < 4.78 is 0. The van der Waals surface area contributed by atoms with Gasteiger partial charge < -0.3 is 10.6 Å². The van der Waals surface area contributed by atoms with Gasteiger partial charge in [0.15, 0.2) is 0 Å². The van der Waals surface area contributed by atoms with Gasteiger partial charge in [-0.3, -0.25) is 0 Å². The average Bonchev–Trinajstić information content (AvgIpc) is 2.49. The van der Waals surface area contributed by atoms with E-state index in [1.54, 1.807) is 4.90 Å². The first-order chi connectivity index (χ1) is 10.1. The number of amides is 2. The number of halogens is 1. The fraction of sp³-hybridized carbons (Fsp3) is 0.235. The van der Waals surface area contributed by atoms with Gasteiger partial charge in [-0.05, 0) is 23.1 Å². The van der Waals surface area contributed by atoms with Gasteiger partial charge in [-0.2, -0.15) is 0 Å². The van der Waals surface area contributed by atoms with E-state index in [0.29, 0.717) is 18.1 Å². The number of carbonyl (C=O) groups is 1. The number of carbonyl (C=O) groups excluding carboxylic acids is 1. The summed E-state index contributed by atoms with van der Waals surface area (Å²) in [5.41, 5.74) is 7.59. The van der Waals surface area contributed by atoms with E-state index in [0.717, 1.165) is 5.56 Å². The zero-order valence-corrected chi connectivity index (χ0v) is 12.8. The molecule has 110 valence electrons. The van der Waals surface area contributed by atoms with Crippen LogP contribution in [0.2, 0.25) is 5.02 Å². The van der Waals surface area contributed by atoms with E-state index in [1.165, 1.54) is 5.56 Å². The maximum absolute atomic E-state index is 11.7. The van der Waals surface area contributed by atoms with Crippen molar-refractivity contribution in [1.29, 1.82) is 0 Å². The highest BCUT2D eigenvalue weighted by Gasteiger charge is 2.16. The molecule has 0 aliphatic heterocycles. The van der Waals surface area contributed by atoms with Crippen molar-refractivity contribution in [2.75, 3.05) is 6.54 Å². The maximum Gasteiger partial charge on any atom is 0.315 e. The van der Waals surface area contributed by atoms with Gasteiger partial charge in [-0.15, -0.1) is 0 Å². The van der Waals surface area contributed by atoms with Crippen LogP contribution in [-0.2, 0) is 6.54 Å². The lowest BCUT2D eigenvalue weighted by Gasteiger charge is -2.25. The van der Waals surface area contributed by atoms with E-state index in [9.17, 15) is 4.79 Å². The summed E-state index contributed by atoms with van der Waals surface area (Å²) >= 11 is 6.15. The number of nitrogens with zero attached hydrogens (tertiary/aromatic N) is 1. The molecular formula is C17H19ClN2O. The van der Waals surface area contributed by atoms with Crippen LogP contribution in [0.15, 0.2) is 54.6 Å². The Balaban J connectivity index is 2.10. The predicted octanol–water partition coefficient (Wildman–Crippen LogP) is 4.02. The topological polar surface area (TPSA) is 46.3 Å². The van der Waals surface area contributed by atoms with Crippen molar-refractivity contribution in [3.8, 4) is 0 Å². The first-order valence-electron chi connectivity index (χ1n) is 6.90. The van der Waals surface area contributed by atoms with Gasteiger partial charge in [-0.25, -0.2) is 4.79 Å². The van der Waals surface area contributed by atoms with Gasteiger partial charge in [0.1, 0.15) is 0 Å². The number of primary amides is 1. The second-order valence-corrected chi connectivity index (χ2v) is 5.53. The Morgan fingerprint density at radius 2 is 1.76 bits per heavy atom. The lowest BCUT2D eigenvalue weighted by molar-refractivity contribution is 0.202. The van der Waals surface area contributed by atoms with Crippen LogP contribution in [0.3, 0.4) is 0 Å². The monoisotopic (exact) mass is 302 g/mol. The molecule has 0 aliphatic rings. The van der Waals surface area contributed by atoms with Crippen LogP contribution in [0.5, 0.6) is 0 Å². The molecule has 2 rings (SSSR count). The number of hydrogen-bond acceptors (Lipinski definition) is 1. The van der Waals surface area contributed by atoms with Gasteiger partial charge in [0.25, 0.3) is 0 Å². The number of nitrogens with two attached hydrogens (primary N) is 1. The van der Waals surface area contributed by atoms with Crippen molar-refractivity contribution in [2.45, 2.75) is 19.4 Å². The lowest BCUT2D eigenvalue weighted by Crippen LogP contribution is -2.37. The highest BCUT2D eigenvalue weighted by Crippen LogP contribution is 2.20. The lowest BCUT2D eigenvalue weighted by atomic mass is 10.0. The zero-order chi connectivity index (χ0) is 15.2. The van der Waals surface area contributed by atoms with Crippen molar-refractivity contribution >= 4 is 17.6 Å². The summed E-state index contributed by atoms with van der Waals surface area (Å²) in [7, 11) is 0. The van der Waals surface area contributed by atoms with Crippen molar-refractivity contribution in [1.82, 2.24) is 4.90 Å². The highest BCUT2D eigenvalue weighted by atomic mass is 35.5. The molecule has 4 heteroatoms. The minimum Gasteiger partial charge on any atom is -0.351 e. The number of rotatable bonds is 5. The summed E-state index contributed by atoms with van der Waals surface area (Å²) in [5, 5.41) is 0.649. The number of urea groups is 1. The third-order valence-corrected chi connectivity index (χ3v) is 3.86. The highest BCUT2D eigenvalue weighted by molar-refractivity contribution is 6.31. The third kappa shape index (κ3) is 4.23. The SMILES string of the molecule is CC(CN(Cc1ccccc1Cl)C(N)=O)c1ccccc1. The van der Waals surface area contributed by atoms with Crippen LogP contribution in [-0.4, -0.2) is 17.5 Å². The van der Waals surface area contributed by atoms with E-state index in [1.807, 2.05) is 42.5 Å². The van der Waals surface area contributed by atoms with Gasteiger partial charge in [0.05, 0.1) is 0 Å². The standard InChI is InChI=1S/C17H19ClN2O/c1-13(14-7-3-2-4-8-14)11-20(17(19)21)12-15-9-5-6-10-16(15)18/h2-10,13H,11-12H2,1H3,(H2,19,21).